The molecule has 0 aromatic heterocycles. The Kier molecular flexibility index (Phi) is 9.33. The molecular weight excluding hydrogens is 420 g/mol. The van der Waals surface area contributed by atoms with E-state index >= 15 is 0 Å². The zero-order chi connectivity index (χ0) is 24.8. The smallest absolute Gasteiger partial charge is 0.331 e. The first-order chi connectivity index (χ1) is 15.4. The van der Waals surface area contributed by atoms with E-state index in [0.717, 1.165) is 24.8 Å². The SMILES string of the molecule is C=C1CCC[C@H]2[C@](C)(CC/C(C)=C/C(=O)OC(COC(C)=O)COC(C)=O)[C@@H](C)CC[C@]12C. The van der Waals surface area contributed by atoms with Gasteiger partial charge in [0, 0.05) is 19.9 Å². The van der Waals surface area contributed by atoms with Crippen molar-refractivity contribution in [1.29, 1.82) is 0 Å². The van der Waals surface area contributed by atoms with E-state index in [4.69, 9.17) is 14.2 Å². The normalized spacial score (nSPS) is 29.9. The van der Waals surface area contributed by atoms with Crippen molar-refractivity contribution in [2.45, 2.75) is 92.6 Å². The average Bonchev–Trinajstić information content (AvgIpc) is 2.73. The predicted octanol–water partition coefficient (Wildman–Crippen LogP) is 5.55. The second-order valence-corrected chi connectivity index (χ2v) is 10.6. The molecule has 0 radical (unpaired) electrons. The van der Waals surface area contributed by atoms with Gasteiger partial charge in [0.2, 0.25) is 0 Å². The first kappa shape index (κ1) is 27.1. The molecule has 0 aromatic rings. The van der Waals surface area contributed by atoms with Crippen molar-refractivity contribution in [3.63, 3.8) is 0 Å². The average molecular weight is 463 g/mol. The molecule has 0 aliphatic heterocycles. The van der Waals surface area contributed by atoms with Crippen LogP contribution in [0.3, 0.4) is 0 Å². The molecule has 2 aliphatic rings. The highest BCUT2D eigenvalue weighted by Gasteiger charge is 2.53. The topological polar surface area (TPSA) is 78.9 Å². The van der Waals surface area contributed by atoms with Crippen LogP contribution in [0, 0.1) is 22.7 Å². The van der Waals surface area contributed by atoms with Crippen LogP contribution in [0.4, 0.5) is 0 Å². The highest BCUT2D eigenvalue weighted by molar-refractivity contribution is 5.82. The largest absolute Gasteiger partial charge is 0.462 e. The molecule has 2 rings (SSSR count). The number of esters is 3. The van der Waals surface area contributed by atoms with Crippen molar-refractivity contribution in [1.82, 2.24) is 0 Å². The van der Waals surface area contributed by atoms with Crippen LogP contribution in [-0.4, -0.2) is 37.2 Å². The van der Waals surface area contributed by atoms with Crippen LogP contribution in [-0.2, 0) is 28.6 Å². The first-order valence-electron chi connectivity index (χ1n) is 12.2. The van der Waals surface area contributed by atoms with Crippen LogP contribution < -0.4 is 0 Å². The minimum Gasteiger partial charge on any atom is -0.462 e. The molecule has 2 fully saturated rings. The van der Waals surface area contributed by atoms with Gasteiger partial charge in [-0.15, -0.1) is 0 Å². The quantitative estimate of drug-likeness (QED) is 0.193. The molecule has 0 spiro atoms. The number of allylic oxidation sites excluding steroid dienone is 2. The summed E-state index contributed by atoms with van der Waals surface area (Å²) in [6, 6.07) is 0. The van der Waals surface area contributed by atoms with E-state index in [1.54, 1.807) is 0 Å². The van der Waals surface area contributed by atoms with Crippen LogP contribution in [0.2, 0.25) is 0 Å². The molecule has 0 bridgehead atoms. The molecule has 4 atom stereocenters. The number of carbonyl (C=O) groups excluding carboxylic acids is 3. The summed E-state index contributed by atoms with van der Waals surface area (Å²) in [7, 11) is 0. The maximum Gasteiger partial charge on any atom is 0.331 e. The van der Waals surface area contributed by atoms with E-state index < -0.39 is 24.0 Å². The second-order valence-electron chi connectivity index (χ2n) is 10.6. The molecule has 0 heterocycles. The molecule has 6 heteroatoms. The zero-order valence-electron chi connectivity index (χ0n) is 21.3. The Morgan fingerprint density at radius 1 is 1.09 bits per heavy atom. The molecule has 2 aliphatic carbocycles. The van der Waals surface area contributed by atoms with Gasteiger partial charge in [-0.25, -0.2) is 4.79 Å². The van der Waals surface area contributed by atoms with Gasteiger partial charge >= 0.3 is 17.9 Å². The van der Waals surface area contributed by atoms with Gasteiger partial charge in [0.05, 0.1) is 0 Å². The summed E-state index contributed by atoms with van der Waals surface area (Å²) in [5.74, 6) is -0.255. The third kappa shape index (κ3) is 6.94. The lowest BCUT2D eigenvalue weighted by molar-refractivity contribution is -0.162. The van der Waals surface area contributed by atoms with Crippen LogP contribution in [0.25, 0.3) is 0 Å². The molecule has 6 nitrogen and oxygen atoms in total. The number of rotatable bonds is 9. The first-order valence-corrected chi connectivity index (χ1v) is 12.2. The van der Waals surface area contributed by atoms with Crippen LogP contribution in [0.15, 0.2) is 23.8 Å². The summed E-state index contributed by atoms with van der Waals surface area (Å²) < 4.78 is 15.2. The van der Waals surface area contributed by atoms with Gasteiger partial charge in [0.15, 0.2) is 6.10 Å². The lowest BCUT2D eigenvalue weighted by atomic mass is 9.46. The van der Waals surface area contributed by atoms with Crippen LogP contribution in [0.5, 0.6) is 0 Å². The van der Waals surface area contributed by atoms with E-state index in [0.29, 0.717) is 11.8 Å². The third-order valence-corrected chi connectivity index (χ3v) is 8.22. The Balaban J connectivity index is 2.01. The van der Waals surface area contributed by atoms with Crippen molar-refractivity contribution < 1.29 is 28.6 Å². The molecule has 0 N–H and O–H groups in total. The van der Waals surface area contributed by atoms with E-state index in [1.165, 1.54) is 51.2 Å². The lowest BCUT2D eigenvalue weighted by Gasteiger charge is -2.59. The molecule has 0 aromatic carbocycles. The van der Waals surface area contributed by atoms with Gasteiger partial charge in [-0.05, 0) is 74.5 Å². The molecule has 186 valence electrons. The minimum atomic E-state index is -0.834. The number of fused-ring (bicyclic) bond motifs is 1. The van der Waals surface area contributed by atoms with Crippen molar-refractivity contribution >= 4 is 17.9 Å². The maximum atomic E-state index is 12.5. The van der Waals surface area contributed by atoms with Gasteiger partial charge in [-0.2, -0.15) is 0 Å². The molecule has 2 saturated carbocycles. The van der Waals surface area contributed by atoms with Gasteiger partial charge < -0.3 is 14.2 Å². The molecular formula is C27H42O6. The highest BCUT2D eigenvalue weighted by atomic mass is 16.6. The Morgan fingerprint density at radius 2 is 1.70 bits per heavy atom. The number of hydrogen-bond acceptors (Lipinski definition) is 6. The van der Waals surface area contributed by atoms with E-state index in [2.05, 4.69) is 27.4 Å². The fourth-order valence-electron chi connectivity index (χ4n) is 5.86. The standard InChI is InChI=1S/C27H42O6/c1-18(15-25(30)33-23(16-31-21(4)28)17-32-22(5)29)11-13-26(6)20(3)12-14-27(7)19(2)9-8-10-24(26)27/h15,20,23-24H,2,8-14,16-17H2,1,3-7H3/b18-15+/t20-,24-,26+,27+/m0/s1. The van der Waals surface area contributed by atoms with E-state index in [-0.39, 0.29) is 24.0 Å². The van der Waals surface area contributed by atoms with E-state index in [1.807, 2.05) is 6.92 Å². The Bertz CT molecular complexity index is 765. The molecule has 0 saturated heterocycles. The maximum absolute atomic E-state index is 12.5. The van der Waals surface area contributed by atoms with Crippen molar-refractivity contribution in [3.8, 4) is 0 Å². The van der Waals surface area contributed by atoms with Crippen LogP contribution in [0.1, 0.15) is 86.5 Å². The van der Waals surface area contributed by atoms with Crippen molar-refractivity contribution in [2.75, 3.05) is 13.2 Å². The minimum absolute atomic E-state index is 0.152. The Labute approximate surface area is 199 Å². The van der Waals surface area contributed by atoms with Crippen molar-refractivity contribution in [3.05, 3.63) is 23.8 Å². The lowest BCUT2D eigenvalue weighted by Crippen LogP contribution is -2.50. The highest BCUT2D eigenvalue weighted by Crippen LogP contribution is 2.62. The predicted molar refractivity (Wildman–Crippen MR) is 127 cm³/mol. The molecule has 33 heavy (non-hydrogen) atoms. The summed E-state index contributed by atoms with van der Waals surface area (Å²) in [6.45, 7) is 15.8. The van der Waals surface area contributed by atoms with Crippen molar-refractivity contribution in [2.24, 2.45) is 22.7 Å². The number of ether oxygens (including phenoxy) is 3. The third-order valence-electron chi connectivity index (χ3n) is 8.22. The molecule has 0 unspecified atom stereocenters. The fourth-order valence-corrected chi connectivity index (χ4v) is 5.86. The Hall–Kier alpha value is -2.11. The van der Waals surface area contributed by atoms with Gasteiger partial charge in [0.1, 0.15) is 13.2 Å². The summed E-state index contributed by atoms with van der Waals surface area (Å²) in [4.78, 5) is 34.7. The summed E-state index contributed by atoms with van der Waals surface area (Å²) in [5, 5.41) is 0. The summed E-state index contributed by atoms with van der Waals surface area (Å²) in [6.07, 6.45) is 8.54. The van der Waals surface area contributed by atoms with Gasteiger partial charge in [-0.1, -0.05) is 38.5 Å². The van der Waals surface area contributed by atoms with Gasteiger partial charge in [-0.3, -0.25) is 9.59 Å². The Morgan fingerprint density at radius 3 is 2.27 bits per heavy atom. The summed E-state index contributed by atoms with van der Waals surface area (Å²) >= 11 is 0. The van der Waals surface area contributed by atoms with Crippen LogP contribution >= 0.6 is 0 Å². The van der Waals surface area contributed by atoms with E-state index in [9.17, 15) is 14.4 Å². The molecule has 0 amide bonds. The summed E-state index contributed by atoms with van der Waals surface area (Å²) in [5.41, 5.74) is 2.78. The number of hydrogen-bond donors (Lipinski definition) is 0. The fraction of sp³-hybridized carbons (Fsp3) is 0.741. The monoisotopic (exact) mass is 462 g/mol. The second kappa shape index (κ2) is 11.3. The van der Waals surface area contributed by atoms with Gasteiger partial charge in [0.25, 0.3) is 0 Å². The zero-order valence-corrected chi connectivity index (χ0v) is 21.3. The number of carbonyl (C=O) groups is 3.